The molecule has 7 heteroatoms. The topological polar surface area (TPSA) is 86.9 Å². The average molecular weight is 468 g/mol. The summed E-state index contributed by atoms with van der Waals surface area (Å²) in [6.45, 7) is 4.17. The lowest BCUT2D eigenvalue weighted by molar-refractivity contribution is -0.118. The lowest BCUT2D eigenvalue weighted by Crippen LogP contribution is -2.38. The molecular formula is C26H33N3O3S. The van der Waals surface area contributed by atoms with Gasteiger partial charge < -0.3 is 15.7 Å². The highest BCUT2D eigenvalue weighted by molar-refractivity contribution is 8.00. The van der Waals surface area contributed by atoms with Crippen LogP contribution in [0.4, 0.5) is 5.69 Å². The molecule has 0 spiro atoms. The van der Waals surface area contributed by atoms with Gasteiger partial charge in [-0.15, -0.1) is 11.8 Å². The smallest absolute Gasteiger partial charge is 0.248 e. The molecule has 2 heterocycles. The summed E-state index contributed by atoms with van der Waals surface area (Å²) in [6, 6.07) is 15.9. The molecule has 33 heavy (non-hydrogen) atoms. The number of carbonyl (C=O) groups excluding carboxylic acids is 2. The van der Waals surface area contributed by atoms with Crippen molar-refractivity contribution in [2.24, 2.45) is 5.73 Å². The molecule has 3 N–H and O–H groups in total. The van der Waals surface area contributed by atoms with Crippen LogP contribution in [0, 0.1) is 0 Å². The SMILES string of the molecule is CC1CCC(CO)N1CCCCCN1C(=O)C(c2ccc(C(N)=O)cc2)Sc2ccccc21. The molecule has 0 bridgehead atoms. The number of likely N-dealkylation sites (tertiary alicyclic amines) is 1. The zero-order valence-electron chi connectivity index (χ0n) is 19.2. The third-order valence-corrected chi connectivity index (χ3v) is 8.16. The largest absolute Gasteiger partial charge is 0.395 e. The van der Waals surface area contributed by atoms with Crippen LogP contribution in [0.25, 0.3) is 0 Å². The zero-order chi connectivity index (χ0) is 23.4. The Kier molecular flexibility index (Phi) is 7.73. The van der Waals surface area contributed by atoms with Gasteiger partial charge in [-0.2, -0.15) is 0 Å². The Balaban J connectivity index is 1.40. The highest BCUT2D eigenvalue weighted by Gasteiger charge is 2.34. The van der Waals surface area contributed by atoms with Gasteiger partial charge in [-0.05, 0) is 69.0 Å². The molecule has 2 aromatic rings. The average Bonchev–Trinajstić information content (AvgIpc) is 3.19. The Morgan fingerprint density at radius 2 is 1.79 bits per heavy atom. The van der Waals surface area contributed by atoms with Crippen LogP contribution in [0.15, 0.2) is 53.4 Å². The lowest BCUT2D eigenvalue weighted by atomic mass is 10.1. The van der Waals surface area contributed by atoms with Gasteiger partial charge in [-0.1, -0.05) is 30.7 Å². The van der Waals surface area contributed by atoms with Crippen LogP contribution in [0.1, 0.15) is 60.2 Å². The van der Waals surface area contributed by atoms with E-state index in [1.54, 1.807) is 23.9 Å². The van der Waals surface area contributed by atoms with E-state index in [0.29, 0.717) is 24.2 Å². The molecule has 0 saturated carbocycles. The van der Waals surface area contributed by atoms with Gasteiger partial charge >= 0.3 is 0 Å². The number of hydrogen-bond donors (Lipinski definition) is 2. The Morgan fingerprint density at radius 1 is 1.06 bits per heavy atom. The van der Waals surface area contributed by atoms with Crippen LogP contribution in [-0.4, -0.2) is 53.6 Å². The molecule has 2 aliphatic rings. The number of para-hydroxylation sites is 1. The number of aliphatic hydroxyl groups is 1. The number of aliphatic hydroxyl groups excluding tert-OH is 1. The summed E-state index contributed by atoms with van der Waals surface area (Å²) in [7, 11) is 0. The van der Waals surface area contributed by atoms with Gasteiger partial charge in [-0.3, -0.25) is 14.5 Å². The molecule has 1 fully saturated rings. The number of unbranched alkanes of at least 4 members (excludes halogenated alkanes) is 2. The van der Waals surface area contributed by atoms with E-state index in [4.69, 9.17) is 5.73 Å². The molecule has 6 nitrogen and oxygen atoms in total. The van der Waals surface area contributed by atoms with Crippen LogP contribution >= 0.6 is 11.8 Å². The number of fused-ring (bicyclic) bond motifs is 1. The van der Waals surface area contributed by atoms with Crippen molar-refractivity contribution in [3.05, 3.63) is 59.7 Å². The van der Waals surface area contributed by atoms with Crippen molar-refractivity contribution in [1.29, 1.82) is 0 Å². The van der Waals surface area contributed by atoms with E-state index in [2.05, 4.69) is 17.9 Å². The van der Waals surface area contributed by atoms with Crippen LogP contribution in [0.5, 0.6) is 0 Å². The van der Waals surface area contributed by atoms with Crippen molar-refractivity contribution in [3.63, 3.8) is 0 Å². The van der Waals surface area contributed by atoms with Crippen molar-refractivity contribution in [2.45, 2.75) is 61.3 Å². The Labute approximate surface area is 200 Å². The summed E-state index contributed by atoms with van der Waals surface area (Å²) in [4.78, 5) is 30.3. The van der Waals surface area contributed by atoms with Gasteiger partial charge in [0, 0.05) is 29.1 Å². The number of anilines is 1. The van der Waals surface area contributed by atoms with E-state index >= 15 is 0 Å². The highest BCUT2D eigenvalue weighted by atomic mass is 32.2. The molecule has 176 valence electrons. The number of primary amides is 1. The fourth-order valence-electron chi connectivity index (χ4n) is 4.95. The first kappa shape index (κ1) is 23.8. The predicted molar refractivity (Wildman–Crippen MR) is 132 cm³/mol. The summed E-state index contributed by atoms with van der Waals surface area (Å²) in [5, 5.41) is 9.26. The molecule has 3 atom stereocenters. The van der Waals surface area contributed by atoms with Gasteiger partial charge in [0.15, 0.2) is 0 Å². The quantitative estimate of drug-likeness (QED) is 0.545. The molecule has 0 radical (unpaired) electrons. The fraction of sp³-hybridized carbons (Fsp3) is 0.462. The molecular weight excluding hydrogens is 434 g/mol. The van der Waals surface area contributed by atoms with E-state index in [1.165, 1.54) is 0 Å². The summed E-state index contributed by atoms with van der Waals surface area (Å²) in [5.41, 5.74) is 7.67. The Morgan fingerprint density at radius 3 is 2.52 bits per heavy atom. The van der Waals surface area contributed by atoms with E-state index in [1.807, 2.05) is 35.2 Å². The first-order valence-electron chi connectivity index (χ1n) is 11.8. The molecule has 0 aliphatic carbocycles. The maximum Gasteiger partial charge on any atom is 0.248 e. The van der Waals surface area contributed by atoms with Crippen LogP contribution in [-0.2, 0) is 4.79 Å². The Bertz CT molecular complexity index is 981. The van der Waals surface area contributed by atoms with Crippen LogP contribution in [0.2, 0.25) is 0 Å². The number of benzene rings is 2. The molecule has 4 rings (SSSR count). The maximum absolute atomic E-state index is 13.5. The molecule has 2 aliphatic heterocycles. The standard InChI is InChI=1S/C26H33N3O3S/c1-18-9-14-21(17-30)28(18)15-5-2-6-16-29-22-7-3-4-8-23(22)33-24(26(29)32)19-10-12-20(13-11-19)25(27)31/h3-4,7-8,10-13,18,21,24,30H,2,5-6,9,14-17H2,1H3,(H2,27,31). The van der Waals surface area contributed by atoms with Crippen molar-refractivity contribution in [2.75, 3.05) is 24.6 Å². The maximum atomic E-state index is 13.5. The van der Waals surface area contributed by atoms with E-state index < -0.39 is 5.91 Å². The number of amides is 2. The minimum Gasteiger partial charge on any atom is -0.395 e. The number of rotatable bonds is 9. The molecule has 3 unspecified atom stereocenters. The van der Waals surface area contributed by atoms with Crippen molar-refractivity contribution in [1.82, 2.24) is 4.90 Å². The normalized spacial score (nSPS) is 23.0. The zero-order valence-corrected chi connectivity index (χ0v) is 20.0. The summed E-state index contributed by atoms with van der Waals surface area (Å²) in [6.07, 6.45) is 5.28. The minimum atomic E-state index is -0.468. The van der Waals surface area contributed by atoms with Crippen molar-refractivity contribution < 1.29 is 14.7 Å². The molecule has 2 amide bonds. The summed E-state index contributed by atoms with van der Waals surface area (Å²) < 4.78 is 0. The van der Waals surface area contributed by atoms with Crippen LogP contribution < -0.4 is 10.6 Å². The number of hydrogen-bond acceptors (Lipinski definition) is 5. The fourth-order valence-corrected chi connectivity index (χ4v) is 6.18. The highest BCUT2D eigenvalue weighted by Crippen LogP contribution is 2.46. The molecule has 0 aromatic heterocycles. The number of nitrogens with two attached hydrogens (primary N) is 1. The van der Waals surface area contributed by atoms with Gasteiger partial charge in [0.25, 0.3) is 0 Å². The number of carbonyl (C=O) groups is 2. The first-order valence-corrected chi connectivity index (χ1v) is 12.7. The molecule has 1 saturated heterocycles. The van der Waals surface area contributed by atoms with E-state index in [0.717, 1.165) is 54.8 Å². The Hall–Kier alpha value is -2.35. The number of nitrogens with zero attached hydrogens (tertiary/aromatic N) is 2. The first-order chi connectivity index (χ1) is 16.0. The second-order valence-corrected chi connectivity index (χ2v) is 10.1. The summed E-state index contributed by atoms with van der Waals surface area (Å²) >= 11 is 1.56. The summed E-state index contributed by atoms with van der Waals surface area (Å²) in [5.74, 6) is -0.385. The van der Waals surface area contributed by atoms with Crippen LogP contribution in [0.3, 0.4) is 0 Å². The van der Waals surface area contributed by atoms with Crippen molar-refractivity contribution in [3.8, 4) is 0 Å². The monoisotopic (exact) mass is 467 g/mol. The second kappa shape index (κ2) is 10.7. The third kappa shape index (κ3) is 5.26. The molecule has 2 aromatic carbocycles. The lowest BCUT2D eigenvalue weighted by Gasteiger charge is -2.34. The van der Waals surface area contributed by atoms with Gasteiger partial charge in [0.05, 0.1) is 12.3 Å². The van der Waals surface area contributed by atoms with Gasteiger partial charge in [0.1, 0.15) is 5.25 Å². The van der Waals surface area contributed by atoms with E-state index in [9.17, 15) is 14.7 Å². The minimum absolute atomic E-state index is 0.0824. The second-order valence-electron chi connectivity index (χ2n) is 9.00. The van der Waals surface area contributed by atoms with Gasteiger partial charge in [0.2, 0.25) is 11.8 Å². The predicted octanol–water partition coefficient (Wildman–Crippen LogP) is 3.98. The van der Waals surface area contributed by atoms with Crippen molar-refractivity contribution >= 4 is 29.3 Å². The third-order valence-electron chi connectivity index (χ3n) is 6.85. The van der Waals surface area contributed by atoms with Gasteiger partial charge in [-0.25, -0.2) is 0 Å². The number of thioether (sulfide) groups is 1. The van der Waals surface area contributed by atoms with E-state index in [-0.39, 0.29) is 17.8 Å².